The van der Waals surface area contributed by atoms with Crippen LogP contribution in [0.1, 0.15) is 36.0 Å². The maximum absolute atomic E-state index is 5.69. The monoisotopic (exact) mass is 189 g/mol. The first-order valence-corrected chi connectivity index (χ1v) is 5.46. The number of benzene rings is 1. The minimum absolute atomic E-state index is 0.449. The fraction of sp³-hybridized carbons (Fsp3) is 0.538. The third-order valence-electron chi connectivity index (χ3n) is 3.49. The maximum atomic E-state index is 5.69. The third kappa shape index (κ3) is 1.46. The Kier molecular flexibility index (Phi) is 2.36. The highest BCUT2D eigenvalue weighted by atomic mass is 14.6. The van der Waals surface area contributed by atoms with Gasteiger partial charge in [-0.2, -0.15) is 0 Å². The van der Waals surface area contributed by atoms with E-state index in [0.717, 1.165) is 13.0 Å². The predicted octanol–water partition coefficient (Wildman–Crippen LogP) is 2.68. The lowest BCUT2D eigenvalue weighted by molar-refractivity contribution is 0.621. The molecule has 1 aliphatic carbocycles. The Morgan fingerprint density at radius 3 is 2.21 bits per heavy atom. The average molecular weight is 189 g/mol. The molecular weight excluding hydrogens is 170 g/mol. The number of hydrogen-bond donors (Lipinski definition) is 1. The van der Waals surface area contributed by atoms with Crippen molar-refractivity contribution in [1.82, 2.24) is 0 Å². The molecule has 0 heterocycles. The topological polar surface area (TPSA) is 26.0 Å². The Hall–Kier alpha value is -0.820. The second-order valence-electron chi connectivity index (χ2n) is 4.59. The lowest BCUT2D eigenvalue weighted by Gasteiger charge is -2.19. The molecule has 0 aromatic heterocycles. The standard InChI is InChI=1S/C13H19N/c1-10-4-3-5-11(2)12(10)13(6-7-13)8-9-14/h3-5H,6-9,14H2,1-2H3. The molecule has 0 aliphatic heterocycles. The molecule has 0 amide bonds. The van der Waals surface area contributed by atoms with E-state index in [-0.39, 0.29) is 0 Å². The summed E-state index contributed by atoms with van der Waals surface area (Å²) in [6.07, 6.45) is 3.81. The van der Waals surface area contributed by atoms with Crippen LogP contribution in [0.4, 0.5) is 0 Å². The predicted molar refractivity (Wildman–Crippen MR) is 60.5 cm³/mol. The van der Waals surface area contributed by atoms with Crippen molar-refractivity contribution in [2.75, 3.05) is 6.54 Å². The summed E-state index contributed by atoms with van der Waals surface area (Å²) in [7, 11) is 0. The van der Waals surface area contributed by atoms with Crippen molar-refractivity contribution >= 4 is 0 Å². The van der Waals surface area contributed by atoms with E-state index in [1.807, 2.05) is 0 Å². The van der Waals surface area contributed by atoms with Gasteiger partial charge >= 0.3 is 0 Å². The molecule has 1 aromatic carbocycles. The normalized spacial score (nSPS) is 18.2. The zero-order valence-corrected chi connectivity index (χ0v) is 9.14. The van der Waals surface area contributed by atoms with Crippen LogP contribution in [-0.2, 0) is 5.41 Å². The minimum Gasteiger partial charge on any atom is -0.330 e. The van der Waals surface area contributed by atoms with E-state index in [1.54, 1.807) is 5.56 Å². The molecule has 2 rings (SSSR count). The van der Waals surface area contributed by atoms with E-state index in [1.165, 1.54) is 24.0 Å². The van der Waals surface area contributed by atoms with Crippen molar-refractivity contribution in [3.63, 3.8) is 0 Å². The highest BCUT2D eigenvalue weighted by molar-refractivity contribution is 5.43. The second kappa shape index (κ2) is 3.39. The quantitative estimate of drug-likeness (QED) is 0.777. The molecular formula is C13H19N. The lowest BCUT2D eigenvalue weighted by Crippen LogP contribution is -2.16. The average Bonchev–Trinajstić information content (AvgIpc) is 2.86. The van der Waals surface area contributed by atoms with Crippen LogP contribution in [0.3, 0.4) is 0 Å². The first-order valence-electron chi connectivity index (χ1n) is 5.46. The summed E-state index contributed by atoms with van der Waals surface area (Å²) in [6.45, 7) is 5.26. The molecule has 76 valence electrons. The van der Waals surface area contributed by atoms with Crippen LogP contribution in [0.15, 0.2) is 18.2 Å². The van der Waals surface area contributed by atoms with Crippen molar-refractivity contribution in [2.45, 2.75) is 38.5 Å². The van der Waals surface area contributed by atoms with Crippen molar-refractivity contribution in [3.8, 4) is 0 Å². The van der Waals surface area contributed by atoms with E-state index in [0.29, 0.717) is 5.41 Å². The first-order chi connectivity index (χ1) is 6.69. The van der Waals surface area contributed by atoms with E-state index in [9.17, 15) is 0 Å². The van der Waals surface area contributed by atoms with Gasteiger partial charge in [0.1, 0.15) is 0 Å². The van der Waals surface area contributed by atoms with Gasteiger partial charge in [0, 0.05) is 0 Å². The van der Waals surface area contributed by atoms with E-state index in [4.69, 9.17) is 5.73 Å². The molecule has 0 unspecified atom stereocenters. The highest BCUT2D eigenvalue weighted by Gasteiger charge is 2.44. The van der Waals surface area contributed by atoms with Gasteiger partial charge in [-0.25, -0.2) is 0 Å². The van der Waals surface area contributed by atoms with Crippen molar-refractivity contribution in [2.24, 2.45) is 5.73 Å². The van der Waals surface area contributed by atoms with Crippen LogP contribution < -0.4 is 5.73 Å². The molecule has 1 heteroatoms. The van der Waals surface area contributed by atoms with Crippen LogP contribution in [-0.4, -0.2) is 6.54 Å². The van der Waals surface area contributed by atoms with Gasteiger partial charge in [-0.15, -0.1) is 0 Å². The lowest BCUT2D eigenvalue weighted by atomic mass is 9.86. The number of rotatable bonds is 3. The second-order valence-corrected chi connectivity index (χ2v) is 4.59. The largest absolute Gasteiger partial charge is 0.330 e. The van der Waals surface area contributed by atoms with Gasteiger partial charge in [0.25, 0.3) is 0 Å². The summed E-state index contributed by atoms with van der Waals surface area (Å²) in [6, 6.07) is 6.59. The zero-order valence-electron chi connectivity index (χ0n) is 9.14. The first kappa shape index (κ1) is 9.72. The van der Waals surface area contributed by atoms with Crippen LogP contribution in [0.5, 0.6) is 0 Å². The summed E-state index contributed by atoms with van der Waals surface area (Å²) in [5.74, 6) is 0. The van der Waals surface area contributed by atoms with Crippen LogP contribution in [0, 0.1) is 13.8 Å². The van der Waals surface area contributed by atoms with E-state index >= 15 is 0 Å². The van der Waals surface area contributed by atoms with Gasteiger partial charge in [0.15, 0.2) is 0 Å². The summed E-state index contributed by atoms with van der Waals surface area (Å²) >= 11 is 0. The zero-order chi connectivity index (χ0) is 10.2. The van der Waals surface area contributed by atoms with Crippen LogP contribution in [0.2, 0.25) is 0 Å². The molecule has 1 aromatic rings. The fourth-order valence-electron chi connectivity index (χ4n) is 2.70. The highest BCUT2D eigenvalue weighted by Crippen LogP contribution is 2.52. The van der Waals surface area contributed by atoms with Gasteiger partial charge in [-0.05, 0) is 61.8 Å². The van der Waals surface area contributed by atoms with Crippen molar-refractivity contribution in [1.29, 1.82) is 0 Å². The number of hydrogen-bond acceptors (Lipinski definition) is 1. The summed E-state index contributed by atoms with van der Waals surface area (Å²) in [5, 5.41) is 0. The fourth-order valence-corrected chi connectivity index (χ4v) is 2.70. The molecule has 0 radical (unpaired) electrons. The van der Waals surface area contributed by atoms with E-state index < -0.39 is 0 Å². The Bertz CT molecular complexity index is 317. The molecule has 2 N–H and O–H groups in total. The van der Waals surface area contributed by atoms with Crippen molar-refractivity contribution in [3.05, 3.63) is 34.9 Å². The van der Waals surface area contributed by atoms with Crippen LogP contribution >= 0.6 is 0 Å². The third-order valence-corrected chi connectivity index (χ3v) is 3.49. The summed E-state index contributed by atoms with van der Waals surface area (Å²) < 4.78 is 0. The van der Waals surface area contributed by atoms with Gasteiger partial charge in [-0.1, -0.05) is 18.2 Å². The minimum atomic E-state index is 0.449. The Morgan fingerprint density at radius 1 is 1.21 bits per heavy atom. The van der Waals surface area contributed by atoms with Gasteiger partial charge in [0.2, 0.25) is 0 Å². The molecule has 0 atom stereocenters. The SMILES string of the molecule is Cc1cccc(C)c1C1(CCN)CC1. The molecule has 1 aliphatic rings. The summed E-state index contributed by atoms with van der Waals surface area (Å²) in [4.78, 5) is 0. The van der Waals surface area contributed by atoms with Crippen LogP contribution in [0.25, 0.3) is 0 Å². The molecule has 1 fully saturated rings. The maximum Gasteiger partial charge on any atom is -0.00291 e. The molecule has 0 saturated heterocycles. The van der Waals surface area contributed by atoms with Gasteiger partial charge < -0.3 is 5.73 Å². The van der Waals surface area contributed by atoms with Crippen molar-refractivity contribution < 1.29 is 0 Å². The Labute approximate surface area is 86.3 Å². The Balaban J connectivity index is 2.40. The molecule has 1 saturated carbocycles. The molecule has 1 nitrogen and oxygen atoms in total. The molecule has 0 bridgehead atoms. The van der Waals surface area contributed by atoms with Gasteiger partial charge in [0.05, 0.1) is 0 Å². The van der Waals surface area contributed by atoms with E-state index in [2.05, 4.69) is 32.0 Å². The summed E-state index contributed by atoms with van der Waals surface area (Å²) in [5.41, 5.74) is 10.6. The smallest absolute Gasteiger partial charge is 0.00291 e. The molecule has 14 heavy (non-hydrogen) atoms. The van der Waals surface area contributed by atoms with Gasteiger partial charge in [-0.3, -0.25) is 0 Å². The molecule has 0 spiro atoms. The number of nitrogens with two attached hydrogens (primary N) is 1. The number of aryl methyl sites for hydroxylation is 2. The Morgan fingerprint density at radius 2 is 1.79 bits per heavy atom.